The molecule has 3 aromatic heterocycles. The summed E-state index contributed by atoms with van der Waals surface area (Å²) in [4.78, 5) is 21.1. The maximum Gasteiger partial charge on any atom is 0.257 e. The van der Waals surface area contributed by atoms with E-state index < -0.39 is 0 Å². The van der Waals surface area contributed by atoms with Crippen LogP contribution in [-0.2, 0) is 5.75 Å². The molecule has 0 bridgehead atoms. The molecule has 0 spiro atoms. The van der Waals surface area contributed by atoms with Crippen LogP contribution in [0.15, 0.2) is 75.9 Å². The predicted octanol–water partition coefficient (Wildman–Crippen LogP) is 5.22. The Balaban J connectivity index is 1.24. The highest BCUT2D eigenvalue weighted by Crippen LogP contribution is 2.30. The highest BCUT2D eigenvalue weighted by molar-refractivity contribution is 7.98. The highest BCUT2D eigenvalue weighted by Gasteiger charge is 2.13. The van der Waals surface area contributed by atoms with Crippen LogP contribution in [0.5, 0.6) is 0 Å². The van der Waals surface area contributed by atoms with Gasteiger partial charge in [-0.25, -0.2) is 9.97 Å². The number of thioether (sulfide) groups is 1. The molecule has 0 unspecified atom stereocenters. The summed E-state index contributed by atoms with van der Waals surface area (Å²) in [5.41, 5.74) is 3.18. The van der Waals surface area contributed by atoms with E-state index in [1.807, 2.05) is 47.8 Å². The van der Waals surface area contributed by atoms with Crippen LogP contribution in [0.4, 0.5) is 5.13 Å². The van der Waals surface area contributed by atoms with Gasteiger partial charge in [0, 0.05) is 22.1 Å². The number of fused-ring (bicyclic) bond motifs is 1. The third-order valence-corrected chi connectivity index (χ3v) is 6.09. The van der Waals surface area contributed by atoms with Crippen LogP contribution in [0.1, 0.15) is 15.9 Å². The zero-order valence-corrected chi connectivity index (χ0v) is 17.2. The first-order valence-electron chi connectivity index (χ1n) is 9.07. The van der Waals surface area contributed by atoms with Crippen LogP contribution in [-0.4, -0.2) is 26.1 Å². The summed E-state index contributed by atoms with van der Waals surface area (Å²) < 4.78 is 5.84. The molecule has 5 rings (SSSR count). The Morgan fingerprint density at radius 2 is 2.03 bits per heavy atom. The average Bonchev–Trinajstić information content (AvgIpc) is 3.52. The van der Waals surface area contributed by atoms with E-state index in [0.29, 0.717) is 22.1 Å². The van der Waals surface area contributed by atoms with Gasteiger partial charge in [-0.1, -0.05) is 42.1 Å². The summed E-state index contributed by atoms with van der Waals surface area (Å²) in [6.45, 7) is 0. The Hall–Kier alpha value is -3.43. The lowest BCUT2D eigenvalue weighted by Gasteiger charge is -2.03. The summed E-state index contributed by atoms with van der Waals surface area (Å²) in [7, 11) is 0. The van der Waals surface area contributed by atoms with Gasteiger partial charge in [0.25, 0.3) is 5.91 Å². The molecule has 5 aromatic rings. The molecular weight excluding hydrogens is 418 g/mol. The Kier molecular flexibility index (Phi) is 5.04. The minimum Gasteiger partial charge on any atom is -0.454 e. The van der Waals surface area contributed by atoms with Crippen LogP contribution >= 0.6 is 23.1 Å². The number of H-pyrrole nitrogens is 1. The molecule has 0 atom stereocenters. The monoisotopic (exact) mass is 433 g/mol. The molecule has 0 saturated heterocycles. The number of hydrogen-bond donors (Lipinski definition) is 2. The van der Waals surface area contributed by atoms with Crippen molar-refractivity contribution in [2.24, 2.45) is 0 Å². The molecular formula is C21H15N5O2S2. The van der Waals surface area contributed by atoms with Crippen LogP contribution in [0, 0.1) is 0 Å². The van der Waals surface area contributed by atoms with Crippen molar-refractivity contribution in [2.75, 3.05) is 5.32 Å². The van der Waals surface area contributed by atoms with Gasteiger partial charge in [-0.3, -0.25) is 15.2 Å². The third-order valence-electron chi connectivity index (χ3n) is 4.39. The molecule has 3 heterocycles. The fraction of sp³-hybridized carbons (Fsp3) is 0.0476. The quantitative estimate of drug-likeness (QED) is 0.356. The van der Waals surface area contributed by atoms with E-state index in [1.165, 1.54) is 17.7 Å². The van der Waals surface area contributed by atoms with E-state index in [9.17, 15) is 4.79 Å². The zero-order chi connectivity index (χ0) is 20.3. The highest BCUT2D eigenvalue weighted by atomic mass is 32.2. The second kappa shape index (κ2) is 8.13. The van der Waals surface area contributed by atoms with Crippen LogP contribution in [0.2, 0.25) is 0 Å². The third kappa shape index (κ3) is 3.98. The van der Waals surface area contributed by atoms with Crippen LogP contribution in [0.25, 0.3) is 22.4 Å². The molecule has 9 heteroatoms. The van der Waals surface area contributed by atoms with Gasteiger partial charge in [0.1, 0.15) is 17.6 Å². The molecule has 2 N–H and O–H groups in total. The number of carbonyl (C=O) groups excluding carboxylic acids is 1. The first kappa shape index (κ1) is 18.6. The zero-order valence-electron chi connectivity index (χ0n) is 15.5. The SMILES string of the molecule is O=C(Nc1nc(-c2cc3ccccc3o2)cs1)c1ccc(CSc2ncn[nH]2)cc1. The maximum atomic E-state index is 12.6. The van der Waals surface area contributed by atoms with E-state index in [2.05, 4.69) is 25.5 Å². The number of thiazole rings is 1. The summed E-state index contributed by atoms with van der Waals surface area (Å²) in [6.07, 6.45) is 1.48. The number of hydrogen-bond acceptors (Lipinski definition) is 7. The van der Waals surface area contributed by atoms with Crippen molar-refractivity contribution in [1.29, 1.82) is 0 Å². The number of nitrogens with one attached hydrogen (secondary N) is 2. The number of furan rings is 1. The topological polar surface area (TPSA) is 96.7 Å². The van der Waals surface area contributed by atoms with Gasteiger partial charge >= 0.3 is 0 Å². The number of amides is 1. The van der Waals surface area contributed by atoms with Crippen molar-refractivity contribution >= 4 is 45.1 Å². The minimum atomic E-state index is -0.199. The standard InChI is InChI=1S/C21H15N5O2S2/c27-19(14-7-5-13(6-8-14)10-29-20-22-12-23-26-20)25-21-24-16(11-30-21)18-9-15-3-1-2-4-17(15)28-18/h1-9,11-12H,10H2,(H,22,23,26)(H,24,25,27). The Morgan fingerprint density at radius 3 is 2.83 bits per heavy atom. The second-order valence-electron chi connectivity index (χ2n) is 6.42. The van der Waals surface area contributed by atoms with E-state index in [0.717, 1.165) is 27.4 Å². The number of benzene rings is 2. The number of carbonyl (C=O) groups is 1. The summed E-state index contributed by atoms with van der Waals surface area (Å²) in [5.74, 6) is 1.22. The Morgan fingerprint density at radius 1 is 1.17 bits per heavy atom. The van der Waals surface area contributed by atoms with E-state index in [1.54, 1.807) is 23.9 Å². The smallest absolute Gasteiger partial charge is 0.257 e. The van der Waals surface area contributed by atoms with Gasteiger partial charge < -0.3 is 4.42 Å². The fourth-order valence-corrected chi connectivity index (χ4v) is 4.32. The van der Waals surface area contributed by atoms with E-state index in [4.69, 9.17) is 4.42 Å². The van der Waals surface area contributed by atoms with Crippen molar-refractivity contribution in [1.82, 2.24) is 20.2 Å². The summed E-state index contributed by atoms with van der Waals surface area (Å²) >= 11 is 2.92. The molecule has 7 nitrogen and oxygen atoms in total. The van der Waals surface area contributed by atoms with Crippen molar-refractivity contribution in [3.05, 3.63) is 77.4 Å². The number of rotatable bonds is 6. The van der Waals surface area contributed by atoms with Gasteiger partial charge in [0.15, 0.2) is 16.0 Å². The number of nitrogens with zero attached hydrogens (tertiary/aromatic N) is 3. The van der Waals surface area contributed by atoms with Gasteiger partial charge in [0.05, 0.1) is 0 Å². The van der Waals surface area contributed by atoms with Crippen molar-refractivity contribution in [3.8, 4) is 11.5 Å². The number of para-hydroxylation sites is 1. The molecule has 0 radical (unpaired) electrons. The number of aromatic amines is 1. The van der Waals surface area contributed by atoms with E-state index in [-0.39, 0.29) is 5.91 Å². The molecule has 148 valence electrons. The molecule has 30 heavy (non-hydrogen) atoms. The van der Waals surface area contributed by atoms with Gasteiger partial charge in [-0.05, 0) is 29.8 Å². The van der Waals surface area contributed by atoms with Crippen molar-refractivity contribution < 1.29 is 9.21 Å². The van der Waals surface area contributed by atoms with E-state index >= 15 is 0 Å². The second-order valence-corrected chi connectivity index (χ2v) is 8.24. The summed E-state index contributed by atoms with van der Waals surface area (Å²) in [5, 5.41) is 13.7. The normalized spacial score (nSPS) is 11.1. The number of aromatic nitrogens is 4. The van der Waals surface area contributed by atoms with Gasteiger partial charge in [0.2, 0.25) is 0 Å². The summed E-state index contributed by atoms with van der Waals surface area (Å²) in [6, 6.07) is 17.2. The molecule has 0 fully saturated rings. The first-order valence-corrected chi connectivity index (χ1v) is 10.9. The first-order chi connectivity index (χ1) is 14.7. The minimum absolute atomic E-state index is 0.199. The molecule has 0 aliphatic rings. The molecule has 0 aliphatic heterocycles. The van der Waals surface area contributed by atoms with Gasteiger partial charge in [-0.2, -0.15) is 5.10 Å². The lowest BCUT2D eigenvalue weighted by atomic mass is 10.1. The van der Waals surface area contributed by atoms with Crippen molar-refractivity contribution in [3.63, 3.8) is 0 Å². The molecule has 0 saturated carbocycles. The Bertz CT molecular complexity index is 1260. The number of anilines is 1. The average molecular weight is 434 g/mol. The lowest BCUT2D eigenvalue weighted by molar-refractivity contribution is 0.102. The largest absolute Gasteiger partial charge is 0.454 e. The fourth-order valence-electron chi connectivity index (χ4n) is 2.89. The molecule has 0 aliphatic carbocycles. The van der Waals surface area contributed by atoms with Crippen LogP contribution < -0.4 is 5.32 Å². The lowest BCUT2D eigenvalue weighted by Crippen LogP contribution is -2.11. The molecule has 2 aromatic carbocycles. The van der Waals surface area contributed by atoms with Crippen molar-refractivity contribution in [2.45, 2.75) is 10.9 Å². The van der Waals surface area contributed by atoms with Gasteiger partial charge in [-0.15, -0.1) is 11.3 Å². The maximum absolute atomic E-state index is 12.6. The van der Waals surface area contributed by atoms with Crippen LogP contribution in [0.3, 0.4) is 0 Å². The predicted molar refractivity (Wildman–Crippen MR) is 118 cm³/mol. The Labute approximate surface area is 179 Å². The molecule has 1 amide bonds.